The Labute approximate surface area is 108 Å². The third-order valence-electron chi connectivity index (χ3n) is 3.19. The molecule has 1 aliphatic rings. The first-order chi connectivity index (χ1) is 8.61. The second-order valence-electron chi connectivity index (χ2n) is 4.47. The average Bonchev–Trinajstić information content (AvgIpc) is 2.40. The molecule has 5 nitrogen and oxygen atoms in total. The molecular weight excluding hydrogens is 250 g/mol. The Balaban J connectivity index is 1.89. The van der Waals surface area contributed by atoms with Gasteiger partial charge in [0, 0.05) is 25.3 Å². The normalized spacial score (nSPS) is 17.9. The molecule has 0 bridgehead atoms. The Hall–Kier alpha value is -1.14. The Kier molecular flexibility index (Phi) is 4.19. The topological polar surface area (TPSA) is 62.3 Å². The Morgan fingerprint density at radius 3 is 2.67 bits per heavy atom. The van der Waals surface area contributed by atoms with Crippen molar-refractivity contribution in [1.82, 2.24) is 9.71 Å². The molecule has 100 valence electrons. The fourth-order valence-corrected chi connectivity index (χ4v) is 3.01. The monoisotopic (exact) mass is 269 g/mol. The summed E-state index contributed by atoms with van der Waals surface area (Å²) in [7, 11) is -3.09. The van der Waals surface area contributed by atoms with Crippen LogP contribution in [0.15, 0.2) is 24.4 Å². The van der Waals surface area contributed by atoms with E-state index in [-0.39, 0.29) is 11.8 Å². The van der Waals surface area contributed by atoms with E-state index in [1.165, 1.54) is 0 Å². The van der Waals surface area contributed by atoms with E-state index in [9.17, 15) is 8.42 Å². The number of anilines is 1. The van der Waals surface area contributed by atoms with Gasteiger partial charge in [0.2, 0.25) is 10.0 Å². The molecule has 0 radical (unpaired) electrons. The summed E-state index contributed by atoms with van der Waals surface area (Å²) in [5, 5.41) is 0. The van der Waals surface area contributed by atoms with Gasteiger partial charge in [0.05, 0.1) is 5.75 Å². The van der Waals surface area contributed by atoms with E-state index in [1.54, 1.807) is 13.1 Å². The quantitative estimate of drug-likeness (QED) is 0.885. The van der Waals surface area contributed by atoms with Gasteiger partial charge in [-0.1, -0.05) is 6.07 Å². The molecule has 0 aromatic carbocycles. The molecule has 18 heavy (non-hydrogen) atoms. The van der Waals surface area contributed by atoms with E-state index in [0.717, 1.165) is 31.7 Å². The number of hydrogen-bond acceptors (Lipinski definition) is 4. The summed E-state index contributed by atoms with van der Waals surface area (Å²) in [6.07, 6.45) is 3.44. The van der Waals surface area contributed by atoms with Crippen molar-refractivity contribution in [2.24, 2.45) is 0 Å². The van der Waals surface area contributed by atoms with Crippen molar-refractivity contribution in [3.8, 4) is 0 Å². The van der Waals surface area contributed by atoms with Crippen LogP contribution in [0.4, 0.5) is 5.82 Å². The molecule has 1 saturated heterocycles. The molecule has 6 heteroatoms. The van der Waals surface area contributed by atoms with Crippen molar-refractivity contribution in [3.63, 3.8) is 0 Å². The summed E-state index contributed by atoms with van der Waals surface area (Å²) in [5.74, 6) is 1.11. The first kappa shape index (κ1) is 13.3. The number of rotatable bonds is 4. The van der Waals surface area contributed by atoms with Crippen molar-refractivity contribution in [2.45, 2.75) is 25.8 Å². The summed E-state index contributed by atoms with van der Waals surface area (Å²) in [4.78, 5) is 6.50. The Morgan fingerprint density at radius 1 is 1.39 bits per heavy atom. The second-order valence-corrected chi connectivity index (χ2v) is 6.51. The van der Waals surface area contributed by atoms with Gasteiger partial charge < -0.3 is 4.90 Å². The number of nitrogens with one attached hydrogen (secondary N) is 1. The third kappa shape index (κ3) is 3.43. The molecular formula is C12H19N3O2S. The van der Waals surface area contributed by atoms with Gasteiger partial charge in [-0.05, 0) is 31.9 Å². The van der Waals surface area contributed by atoms with Gasteiger partial charge in [0.15, 0.2) is 0 Å². The Morgan fingerprint density at radius 2 is 2.11 bits per heavy atom. The second kappa shape index (κ2) is 5.67. The zero-order valence-corrected chi connectivity index (χ0v) is 11.4. The lowest BCUT2D eigenvalue weighted by atomic mass is 10.1. The number of piperidine rings is 1. The number of sulfonamides is 1. The van der Waals surface area contributed by atoms with Crippen molar-refractivity contribution < 1.29 is 8.42 Å². The van der Waals surface area contributed by atoms with Crippen molar-refractivity contribution in [2.75, 3.05) is 23.7 Å². The lowest BCUT2D eigenvalue weighted by Gasteiger charge is -2.32. The molecule has 2 heterocycles. The third-order valence-corrected chi connectivity index (χ3v) is 4.65. The number of hydrogen-bond donors (Lipinski definition) is 1. The standard InChI is InChI=1S/C12H19N3O2S/c1-2-18(16,17)14-11-6-9-15(10-7-11)12-5-3-4-8-13-12/h3-5,8,11,14H,2,6-7,9-10H2,1H3. The van der Waals surface area contributed by atoms with Crippen LogP contribution in [0.25, 0.3) is 0 Å². The number of pyridine rings is 1. The highest BCUT2D eigenvalue weighted by Gasteiger charge is 2.23. The van der Waals surface area contributed by atoms with E-state index in [4.69, 9.17) is 0 Å². The van der Waals surface area contributed by atoms with Gasteiger partial charge >= 0.3 is 0 Å². The summed E-state index contributed by atoms with van der Waals surface area (Å²) in [5.41, 5.74) is 0. The van der Waals surface area contributed by atoms with Crippen LogP contribution in [0, 0.1) is 0 Å². The predicted molar refractivity (Wildman–Crippen MR) is 72.1 cm³/mol. The number of aromatic nitrogens is 1. The highest BCUT2D eigenvalue weighted by atomic mass is 32.2. The smallest absolute Gasteiger partial charge is 0.211 e. The summed E-state index contributed by atoms with van der Waals surface area (Å²) >= 11 is 0. The molecule has 1 fully saturated rings. The van der Waals surface area contributed by atoms with Crippen LogP contribution in [-0.4, -0.2) is 38.3 Å². The molecule has 0 saturated carbocycles. The molecule has 2 rings (SSSR count). The largest absolute Gasteiger partial charge is 0.357 e. The van der Waals surface area contributed by atoms with Gasteiger partial charge in [-0.15, -0.1) is 0 Å². The lowest BCUT2D eigenvalue weighted by Crippen LogP contribution is -2.45. The molecule has 1 aromatic heterocycles. The van der Waals surface area contributed by atoms with Crippen LogP contribution in [0.3, 0.4) is 0 Å². The minimum absolute atomic E-state index is 0.0647. The Bertz CT molecular complexity index is 467. The fraction of sp³-hybridized carbons (Fsp3) is 0.583. The van der Waals surface area contributed by atoms with Crippen molar-refractivity contribution in [1.29, 1.82) is 0 Å². The summed E-state index contributed by atoms with van der Waals surface area (Å²) < 4.78 is 25.7. The zero-order valence-electron chi connectivity index (χ0n) is 10.5. The van der Waals surface area contributed by atoms with E-state index >= 15 is 0 Å². The average molecular weight is 269 g/mol. The predicted octanol–water partition coefficient (Wildman–Crippen LogP) is 0.990. The first-order valence-corrected chi connectivity index (χ1v) is 7.92. The SMILES string of the molecule is CCS(=O)(=O)NC1CCN(c2ccccn2)CC1. The molecule has 1 aliphatic heterocycles. The number of nitrogens with zero attached hydrogens (tertiary/aromatic N) is 2. The maximum atomic E-state index is 11.5. The highest BCUT2D eigenvalue weighted by Crippen LogP contribution is 2.17. The minimum atomic E-state index is -3.09. The maximum absolute atomic E-state index is 11.5. The first-order valence-electron chi connectivity index (χ1n) is 6.26. The van der Waals surface area contributed by atoms with Crippen LogP contribution in [0.2, 0.25) is 0 Å². The van der Waals surface area contributed by atoms with Crippen LogP contribution in [0.5, 0.6) is 0 Å². The van der Waals surface area contributed by atoms with E-state index < -0.39 is 10.0 Å². The van der Waals surface area contributed by atoms with Gasteiger partial charge in [-0.25, -0.2) is 18.1 Å². The van der Waals surface area contributed by atoms with E-state index in [0.29, 0.717) is 0 Å². The van der Waals surface area contributed by atoms with Crippen LogP contribution >= 0.6 is 0 Å². The highest BCUT2D eigenvalue weighted by molar-refractivity contribution is 7.89. The molecule has 0 atom stereocenters. The zero-order chi connectivity index (χ0) is 13.0. The van der Waals surface area contributed by atoms with Crippen LogP contribution < -0.4 is 9.62 Å². The minimum Gasteiger partial charge on any atom is -0.357 e. The molecule has 0 aliphatic carbocycles. The molecule has 1 aromatic rings. The van der Waals surface area contributed by atoms with Crippen molar-refractivity contribution in [3.05, 3.63) is 24.4 Å². The van der Waals surface area contributed by atoms with Gasteiger partial charge in [-0.2, -0.15) is 0 Å². The van der Waals surface area contributed by atoms with Crippen LogP contribution in [0.1, 0.15) is 19.8 Å². The van der Waals surface area contributed by atoms with Gasteiger partial charge in [-0.3, -0.25) is 0 Å². The molecule has 1 N–H and O–H groups in total. The molecule has 0 spiro atoms. The van der Waals surface area contributed by atoms with Gasteiger partial charge in [0.25, 0.3) is 0 Å². The summed E-state index contributed by atoms with van der Waals surface area (Å²) in [6.45, 7) is 3.34. The maximum Gasteiger partial charge on any atom is 0.211 e. The van der Waals surface area contributed by atoms with Crippen molar-refractivity contribution >= 4 is 15.8 Å². The fourth-order valence-electron chi connectivity index (χ4n) is 2.10. The van der Waals surface area contributed by atoms with Crippen LogP contribution in [-0.2, 0) is 10.0 Å². The summed E-state index contributed by atoms with van der Waals surface area (Å²) in [6, 6.07) is 5.91. The lowest BCUT2D eigenvalue weighted by molar-refractivity contribution is 0.459. The van der Waals surface area contributed by atoms with E-state index in [2.05, 4.69) is 14.6 Å². The van der Waals surface area contributed by atoms with Gasteiger partial charge in [0.1, 0.15) is 5.82 Å². The molecule has 0 unspecified atom stereocenters. The van der Waals surface area contributed by atoms with E-state index in [1.807, 2.05) is 18.2 Å². The molecule has 0 amide bonds.